The number of piperidine rings is 1. The summed E-state index contributed by atoms with van der Waals surface area (Å²) in [4.78, 5) is 10.6. The lowest BCUT2D eigenvalue weighted by Crippen LogP contribution is -2.29. The van der Waals surface area contributed by atoms with Crippen LogP contribution in [0.5, 0.6) is 0 Å². The summed E-state index contributed by atoms with van der Waals surface area (Å²) in [5.74, 6) is 0.984. The van der Waals surface area contributed by atoms with E-state index in [2.05, 4.69) is 47.8 Å². The Kier molecular flexibility index (Phi) is 4.83. The molecule has 0 atom stereocenters. The molecule has 3 rings (SSSR count). The number of anilines is 1. The molecule has 0 unspecified atom stereocenters. The minimum absolute atomic E-state index is 0.189. The quantitative estimate of drug-likeness (QED) is 0.793. The lowest BCUT2D eigenvalue weighted by molar-refractivity contribution is 0.571. The van der Waals surface area contributed by atoms with E-state index in [9.17, 15) is 0 Å². The normalized spacial score (nSPS) is 16.2. The Morgan fingerprint density at radius 3 is 2.68 bits per heavy atom. The van der Waals surface area contributed by atoms with Crippen LogP contribution in [-0.2, 0) is 11.2 Å². The Bertz CT molecular complexity index is 603. The van der Waals surface area contributed by atoms with Crippen molar-refractivity contribution in [3.63, 3.8) is 0 Å². The molecule has 1 saturated heterocycles. The van der Waals surface area contributed by atoms with E-state index in [1.54, 1.807) is 0 Å². The number of thioether (sulfide) groups is 1. The molecule has 120 valence electrons. The first kappa shape index (κ1) is 15.9. The van der Waals surface area contributed by atoms with Gasteiger partial charge in [-0.2, -0.15) is 0 Å². The summed E-state index contributed by atoms with van der Waals surface area (Å²) in [5, 5.41) is 1.20. The molecule has 1 fully saturated rings. The molecule has 0 bridgehead atoms. The molecule has 0 amide bonds. The summed E-state index contributed by atoms with van der Waals surface area (Å²) in [5.41, 5.74) is 2.79. The van der Waals surface area contributed by atoms with Gasteiger partial charge in [0.1, 0.15) is 0 Å². The molecule has 1 aliphatic heterocycles. The van der Waals surface area contributed by atoms with Gasteiger partial charge in [-0.3, -0.25) is 0 Å². The Morgan fingerprint density at radius 2 is 2.00 bits per heavy atom. The summed E-state index contributed by atoms with van der Waals surface area (Å²) in [6.07, 6.45) is 6.01. The fraction of sp³-hybridized carbons (Fsp3) is 0.588. The monoisotopic (exact) mass is 335 g/mol. The van der Waals surface area contributed by atoms with Gasteiger partial charge < -0.3 is 9.88 Å². The number of hydrogen-bond donors (Lipinski definition) is 1. The molecule has 0 saturated carbocycles. The van der Waals surface area contributed by atoms with Crippen molar-refractivity contribution in [1.29, 1.82) is 0 Å². The zero-order valence-corrected chi connectivity index (χ0v) is 15.3. The second-order valence-corrected chi connectivity index (χ2v) is 9.23. The van der Waals surface area contributed by atoms with Crippen LogP contribution in [0.4, 0.5) is 5.13 Å². The Labute approximate surface area is 141 Å². The summed E-state index contributed by atoms with van der Waals surface area (Å²) in [6.45, 7) is 9.06. The number of rotatable bonds is 4. The predicted molar refractivity (Wildman–Crippen MR) is 97.2 cm³/mol. The van der Waals surface area contributed by atoms with Crippen LogP contribution in [0.2, 0.25) is 0 Å². The average Bonchev–Trinajstić information content (AvgIpc) is 3.15. The third-order valence-electron chi connectivity index (χ3n) is 4.02. The molecule has 2 aromatic rings. The van der Waals surface area contributed by atoms with Gasteiger partial charge in [0.25, 0.3) is 0 Å². The lowest BCUT2D eigenvalue weighted by atomic mass is 9.93. The Hall–Kier alpha value is -0.940. The molecule has 1 aliphatic rings. The molecular formula is C17H25N3S2. The van der Waals surface area contributed by atoms with Crippen molar-refractivity contribution < 1.29 is 0 Å². The van der Waals surface area contributed by atoms with Gasteiger partial charge in [0.2, 0.25) is 0 Å². The van der Waals surface area contributed by atoms with Crippen molar-refractivity contribution >= 4 is 28.2 Å². The number of nitrogens with one attached hydrogen (secondary N) is 1. The first-order valence-corrected chi connectivity index (χ1v) is 9.84. The summed E-state index contributed by atoms with van der Waals surface area (Å²) in [7, 11) is 0. The van der Waals surface area contributed by atoms with E-state index in [1.165, 1.54) is 53.1 Å². The number of nitrogens with zero attached hydrogens (tertiary/aromatic N) is 2. The molecule has 5 heteroatoms. The van der Waals surface area contributed by atoms with Crippen molar-refractivity contribution in [2.24, 2.45) is 0 Å². The highest BCUT2D eigenvalue weighted by molar-refractivity contribution is 8.00. The van der Waals surface area contributed by atoms with E-state index in [1.807, 2.05) is 29.3 Å². The first-order chi connectivity index (χ1) is 10.5. The van der Waals surface area contributed by atoms with Crippen molar-refractivity contribution in [2.45, 2.75) is 55.4 Å². The minimum atomic E-state index is 0.189. The topological polar surface area (TPSA) is 31.9 Å². The van der Waals surface area contributed by atoms with Gasteiger partial charge in [0.05, 0.1) is 10.4 Å². The van der Waals surface area contributed by atoms with Gasteiger partial charge in [-0.15, -0.1) is 11.8 Å². The van der Waals surface area contributed by atoms with Crippen molar-refractivity contribution in [3.05, 3.63) is 29.7 Å². The molecule has 0 aliphatic carbocycles. The number of aromatic amines is 1. The van der Waals surface area contributed by atoms with E-state index in [-0.39, 0.29) is 5.41 Å². The third-order valence-corrected chi connectivity index (χ3v) is 6.32. The van der Waals surface area contributed by atoms with Crippen LogP contribution >= 0.6 is 23.1 Å². The maximum Gasteiger partial charge on any atom is 0.186 e. The molecule has 1 N–H and O–H groups in total. The number of aromatic nitrogens is 2. The van der Waals surface area contributed by atoms with Gasteiger partial charge in [0.15, 0.2) is 5.13 Å². The van der Waals surface area contributed by atoms with E-state index < -0.39 is 0 Å². The molecule has 0 spiro atoms. The van der Waals surface area contributed by atoms with Crippen molar-refractivity contribution in [2.75, 3.05) is 18.0 Å². The molecule has 22 heavy (non-hydrogen) atoms. The molecule has 2 aromatic heterocycles. The Balaban J connectivity index is 1.57. The smallest absolute Gasteiger partial charge is 0.186 e. The summed E-state index contributed by atoms with van der Waals surface area (Å²) < 4.78 is 1.31. The van der Waals surface area contributed by atoms with Gasteiger partial charge in [-0.05, 0) is 31.4 Å². The highest BCUT2D eigenvalue weighted by Crippen LogP contribution is 2.33. The molecule has 3 heterocycles. The van der Waals surface area contributed by atoms with E-state index >= 15 is 0 Å². The van der Waals surface area contributed by atoms with Crippen LogP contribution in [0, 0.1) is 0 Å². The van der Waals surface area contributed by atoms with Crippen LogP contribution in [0.25, 0.3) is 0 Å². The number of H-pyrrole nitrogens is 1. The molecule has 0 radical (unpaired) electrons. The fourth-order valence-corrected chi connectivity index (χ4v) is 4.59. The minimum Gasteiger partial charge on any atom is -0.361 e. The van der Waals surface area contributed by atoms with Crippen molar-refractivity contribution in [3.8, 4) is 0 Å². The van der Waals surface area contributed by atoms with Crippen LogP contribution in [-0.4, -0.2) is 23.1 Å². The second-order valence-electron chi connectivity index (χ2n) is 6.95. The van der Waals surface area contributed by atoms with E-state index in [4.69, 9.17) is 0 Å². The first-order valence-electron chi connectivity index (χ1n) is 8.04. The maximum atomic E-state index is 4.61. The van der Waals surface area contributed by atoms with Gasteiger partial charge in [-0.1, -0.05) is 32.1 Å². The summed E-state index contributed by atoms with van der Waals surface area (Å²) in [6, 6.07) is 4.42. The number of thiazole rings is 1. The third kappa shape index (κ3) is 3.87. The lowest BCUT2D eigenvalue weighted by Gasteiger charge is -2.25. The zero-order chi connectivity index (χ0) is 15.6. The zero-order valence-electron chi connectivity index (χ0n) is 13.7. The standard InChI is InChI=1S/C17H25N3S2/c1-17(2,3)14-8-7-13(19-14)12-21-15-11-18-16(22-15)20-9-5-4-6-10-20/h7-8,11,19H,4-6,9-10,12H2,1-3H3. The predicted octanol–water partition coefficient (Wildman–Crippen LogP) is 5.05. The highest BCUT2D eigenvalue weighted by Gasteiger charge is 2.16. The SMILES string of the molecule is CC(C)(C)c1ccc(CSc2cnc(N3CCCCC3)s2)[nH]1. The molecule has 3 nitrogen and oxygen atoms in total. The number of hydrogen-bond acceptors (Lipinski definition) is 4. The van der Waals surface area contributed by atoms with E-state index in [0.717, 1.165) is 5.75 Å². The maximum absolute atomic E-state index is 4.61. The Morgan fingerprint density at radius 1 is 1.23 bits per heavy atom. The fourth-order valence-electron chi connectivity index (χ4n) is 2.66. The largest absolute Gasteiger partial charge is 0.361 e. The van der Waals surface area contributed by atoms with Crippen molar-refractivity contribution in [1.82, 2.24) is 9.97 Å². The average molecular weight is 336 g/mol. The second kappa shape index (κ2) is 6.67. The van der Waals surface area contributed by atoms with E-state index in [0.29, 0.717) is 0 Å². The van der Waals surface area contributed by atoms with Gasteiger partial charge in [0, 0.05) is 35.6 Å². The van der Waals surface area contributed by atoms with Crippen LogP contribution < -0.4 is 4.90 Å². The highest BCUT2D eigenvalue weighted by atomic mass is 32.2. The van der Waals surface area contributed by atoms with Crippen LogP contribution in [0.3, 0.4) is 0 Å². The summed E-state index contributed by atoms with van der Waals surface area (Å²) >= 11 is 3.72. The molecular weight excluding hydrogens is 310 g/mol. The van der Waals surface area contributed by atoms with Crippen LogP contribution in [0.1, 0.15) is 51.4 Å². The van der Waals surface area contributed by atoms with Gasteiger partial charge in [-0.25, -0.2) is 4.98 Å². The van der Waals surface area contributed by atoms with Gasteiger partial charge >= 0.3 is 0 Å². The van der Waals surface area contributed by atoms with Crippen LogP contribution in [0.15, 0.2) is 22.5 Å². The molecule has 0 aromatic carbocycles.